The van der Waals surface area contributed by atoms with Crippen molar-refractivity contribution in [3.05, 3.63) is 47.0 Å². The van der Waals surface area contributed by atoms with Gasteiger partial charge >= 0.3 is 0 Å². The minimum atomic E-state index is 0.507. The lowest BCUT2D eigenvalue weighted by molar-refractivity contribution is 0.0751. The Morgan fingerprint density at radius 3 is 2.29 bits per heavy atom. The van der Waals surface area contributed by atoms with E-state index in [9.17, 15) is 4.79 Å². The second-order valence-corrected chi connectivity index (χ2v) is 11.2. The van der Waals surface area contributed by atoms with Crippen LogP contribution < -0.4 is 9.47 Å². The molecule has 0 saturated carbocycles. The van der Waals surface area contributed by atoms with Crippen LogP contribution in [0.4, 0.5) is 0 Å². The van der Waals surface area contributed by atoms with Gasteiger partial charge in [-0.25, -0.2) is 0 Å². The normalized spacial score (nSPS) is 18.4. The SMILES string of the molecule is CCc1c(-c2ccc(OC)c(C=O)c2)[nH]c2cc(OC)c(C3CCN(C4CCN(C(C)C)CC4)CC3)cc12. The molecule has 0 bridgehead atoms. The molecule has 2 fully saturated rings. The third kappa shape index (κ3) is 5.08. The van der Waals surface area contributed by atoms with Gasteiger partial charge in [0, 0.05) is 34.7 Å². The molecule has 1 aromatic heterocycles. The van der Waals surface area contributed by atoms with Gasteiger partial charge in [-0.1, -0.05) is 6.92 Å². The van der Waals surface area contributed by atoms with Crippen LogP contribution in [0.15, 0.2) is 30.3 Å². The number of carbonyl (C=O) groups is 1. The number of carbonyl (C=O) groups excluding carboxylic acids is 1. The van der Waals surface area contributed by atoms with E-state index >= 15 is 0 Å². The molecule has 6 nitrogen and oxygen atoms in total. The smallest absolute Gasteiger partial charge is 0.153 e. The standard InChI is InChI=1S/C32H43N3O3/c1-6-26-28-18-27(22-9-13-35(14-10-22)25-11-15-34(16-12-25)21(2)3)31(38-5)19-29(28)33-32(26)23-7-8-30(37-4)24(17-23)20-36/h7-8,17-22,25,33H,6,9-16H2,1-5H3. The Balaban J connectivity index is 1.39. The summed E-state index contributed by atoms with van der Waals surface area (Å²) in [5.74, 6) is 2.07. The number of nitrogens with one attached hydrogen (secondary N) is 1. The van der Waals surface area contributed by atoms with Gasteiger partial charge in [0.05, 0.1) is 19.8 Å². The number of methoxy groups -OCH3 is 2. The highest BCUT2D eigenvalue weighted by molar-refractivity contribution is 5.93. The molecule has 2 saturated heterocycles. The largest absolute Gasteiger partial charge is 0.496 e. The van der Waals surface area contributed by atoms with Crippen molar-refractivity contribution in [3.8, 4) is 22.8 Å². The van der Waals surface area contributed by atoms with Gasteiger partial charge in [0.1, 0.15) is 11.5 Å². The average Bonchev–Trinajstić information content (AvgIpc) is 3.33. The van der Waals surface area contributed by atoms with Crippen molar-refractivity contribution in [2.24, 2.45) is 0 Å². The summed E-state index contributed by atoms with van der Waals surface area (Å²) >= 11 is 0. The third-order valence-corrected chi connectivity index (χ3v) is 8.97. The summed E-state index contributed by atoms with van der Waals surface area (Å²) in [6.07, 6.45) is 6.69. The van der Waals surface area contributed by atoms with Crippen molar-refractivity contribution < 1.29 is 14.3 Å². The quantitative estimate of drug-likeness (QED) is 0.357. The van der Waals surface area contributed by atoms with E-state index in [2.05, 4.69) is 47.7 Å². The molecule has 3 heterocycles. The highest BCUT2D eigenvalue weighted by Gasteiger charge is 2.30. The van der Waals surface area contributed by atoms with Gasteiger partial charge in [0.15, 0.2) is 6.29 Å². The first-order valence-corrected chi connectivity index (χ1v) is 14.3. The summed E-state index contributed by atoms with van der Waals surface area (Å²) in [6.45, 7) is 11.6. The van der Waals surface area contributed by atoms with Gasteiger partial charge in [0.2, 0.25) is 0 Å². The number of aldehydes is 1. The van der Waals surface area contributed by atoms with E-state index in [1.807, 2.05) is 18.2 Å². The number of aryl methyl sites for hydroxylation is 1. The third-order valence-electron chi connectivity index (χ3n) is 8.97. The van der Waals surface area contributed by atoms with Gasteiger partial charge < -0.3 is 24.3 Å². The molecule has 0 atom stereocenters. The molecule has 0 amide bonds. The maximum atomic E-state index is 11.7. The Labute approximate surface area is 227 Å². The first-order valence-electron chi connectivity index (χ1n) is 14.3. The first kappa shape index (κ1) is 26.8. The lowest BCUT2D eigenvalue weighted by atomic mass is 9.86. The number of hydrogen-bond donors (Lipinski definition) is 1. The van der Waals surface area contributed by atoms with Crippen LogP contribution in [0, 0.1) is 0 Å². The van der Waals surface area contributed by atoms with Crippen LogP contribution in [-0.2, 0) is 6.42 Å². The topological polar surface area (TPSA) is 57.8 Å². The van der Waals surface area contributed by atoms with Crippen LogP contribution >= 0.6 is 0 Å². The number of likely N-dealkylation sites (tertiary alicyclic amines) is 2. The summed E-state index contributed by atoms with van der Waals surface area (Å²) in [5, 5.41) is 1.25. The first-order chi connectivity index (χ1) is 18.5. The maximum Gasteiger partial charge on any atom is 0.153 e. The van der Waals surface area contributed by atoms with Crippen LogP contribution in [0.2, 0.25) is 0 Å². The maximum absolute atomic E-state index is 11.7. The van der Waals surface area contributed by atoms with Gasteiger partial charge in [-0.05, 0) is 119 Å². The fraction of sp³-hybridized carbons (Fsp3) is 0.531. The van der Waals surface area contributed by atoms with Crippen molar-refractivity contribution in [2.75, 3.05) is 40.4 Å². The van der Waals surface area contributed by atoms with Gasteiger partial charge in [0.25, 0.3) is 0 Å². The second-order valence-electron chi connectivity index (χ2n) is 11.2. The van der Waals surface area contributed by atoms with E-state index in [0.29, 0.717) is 23.3 Å². The van der Waals surface area contributed by atoms with Crippen molar-refractivity contribution >= 4 is 17.2 Å². The molecule has 6 heteroatoms. The zero-order valence-electron chi connectivity index (χ0n) is 23.7. The molecule has 0 aliphatic carbocycles. The average molecular weight is 518 g/mol. The number of piperidine rings is 2. The van der Waals surface area contributed by atoms with E-state index < -0.39 is 0 Å². The minimum absolute atomic E-state index is 0.507. The lowest BCUT2D eigenvalue weighted by Crippen LogP contribution is -2.48. The van der Waals surface area contributed by atoms with Crippen LogP contribution in [0.25, 0.3) is 22.2 Å². The monoisotopic (exact) mass is 517 g/mol. The number of aromatic nitrogens is 1. The number of hydrogen-bond acceptors (Lipinski definition) is 5. The van der Waals surface area contributed by atoms with Crippen LogP contribution in [0.3, 0.4) is 0 Å². The van der Waals surface area contributed by atoms with E-state index in [0.717, 1.165) is 54.4 Å². The van der Waals surface area contributed by atoms with E-state index in [1.54, 1.807) is 14.2 Å². The van der Waals surface area contributed by atoms with Crippen LogP contribution in [0.1, 0.15) is 73.9 Å². The molecule has 3 aromatic rings. The molecule has 0 spiro atoms. The highest BCUT2D eigenvalue weighted by atomic mass is 16.5. The van der Waals surface area contributed by atoms with E-state index in [1.165, 1.54) is 55.3 Å². The fourth-order valence-electron chi connectivity index (χ4n) is 6.73. The molecular formula is C32H43N3O3. The van der Waals surface area contributed by atoms with Crippen LogP contribution in [0.5, 0.6) is 11.5 Å². The van der Waals surface area contributed by atoms with Crippen molar-refractivity contribution in [2.45, 2.75) is 70.9 Å². The number of benzene rings is 2. The van der Waals surface area contributed by atoms with E-state index in [-0.39, 0.29) is 0 Å². The Morgan fingerprint density at radius 1 is 0.974 bits per heavy atom. The molecule has 5 rings (SSSR count). The lowest BCUT2D eigenvalue weighted by Gasteiger charge is -2.43. The number of ether oxygens (including phenoxy) is 2. The molecular weight excluding hydrogens is 474 g/mol. The number of aromatic amines is 1. The number of rotatable bonds is 8. The molecule has 2 aliphatic heterocycles. The zero-order chi connectivity index (χ0) is 26.8. The molecule has 204 valence electrons. The summed E-state index contributed by atoms with van der Waals surface area (Å²) in [6, 6.07) is 11.7. The van der Waals surface area contributed by atoms with Gasteiger partial charge in [-0.3, -0.25) is 4.79 Å². The number of nitrogens with zero attached hydrogens (tertiary/aromatic N) is 2. The number of H-pyrrole nitrogens is 1. The molecule has 1 N–H and O–H groups in total. The summed E-state index contributed by atoms with van der Waals surface area (Å²) in [5.41, 5.74) is 6.31. The minimum Gasteiger partial charge on any atom is -0.496 e. The Hall–Kier alpha value is -2.83. The summed E-state index contributed by atoms with van der Waals surface area (Å²) < 4.78 is 11.3. The highest BCUT2D eigenvalue weighted by Crippen LogP contribution is 2.41. The van der Waals surface area contributed by atoms with Gasteiger partial charge in [-0.15, -0.1) is 0 Å². The zero-order valence-corrected chi connectivity index (χ0v) is 23.7. The molecule has 0 radical (unpaired) electrons. The molecule has 38 heavy (non-hydrogen) atoms. The Kier molecular flexibility index (Phi) is 8.10. The Bertz CT molecular complexity index is 1260. The Morgan fingerprint density at radius 2 is 1.68 bits per heavy atom. The van der Waals surface area contributed by atoms with Crippen LogP contribution in [-0.4, -0.2) is 73.6 Å². The predicted molar refractivity (Wildman–Crippen MR) is 155 cm³/mol. The second kappa shape index (κ2) is 11.5. The number of fused-ring (bicyclic) bond motifs is 1. The molecule has 2 aromatic carbocycles. The fourth-order valence-corrected chi connectivity index (χ4v) is 6.73. The van der Waals surface area contributed by atoms with Gasteiger partial charge in [-0.2, -0.15) is 0 Å². The molecule has 2 aliphatic rings. The summed E-state index contributed by atoms with van der Waals surface area (Å²) in [7, 11) is 3.38. The van der Waals surface area contributed by atoms with Crippen molar-refractivity contribution in [1.82, 2.24) is 14.8 Å². The van der Waals surface area contributed by atoms with E-state index in [4.69, 9.17) is 9.47 Å². The van der Waals surface area contributed by atoms with Crippen molar-refractivity contribution in [1.29, 1.82) is 0 Å². The van der Waals surface area contributed by atoms with Crippen molar-refractivity contribution in [3.63, 3.8) is 0 Å². The summed E-state index contributed by atoms with van der Waals surface area (Å²) in [4.78, 5) is 20.7. The predicted octanol–water partition coefficient (Wildman–Crippen LogP) is 6.28. The molecule has 0 unspecified atom stereocenters.